The summed E-state index contributed by atoms with van der Waals surface area (Å²) in [5.74, 6) is -0.883. The number of alkyl halides is 3. The molecule has 0 saturated carbocycles. The van der Waals surface area contributed by atoms with Crippen molar-refractivity contribution in [3.05, 3.63) is 59.8 Å². The Balaban J connectivity index is 2.26. The summed E-state index contributed by atoms with van der Waals surface area (Å²) in [6, 6.07) is 10.9. The van der Waals surface area contributed by atoms with Crippen LogP contribution in [-0.2, 0) is 6.18 Å². The molecule has 0 spiro atoms. The van der Waals surface area contributed by atoms with Crippen molar-refractivity contribution in [1.29, 1.82) is 0 Å². The molecule has 1 heterocycles. The highest BCUT2D eigenvalue weighted by molar-refractivity contribution is 5.93. The minimum absolute atomic E-state index is 0.0585. The van der Waals surface area contributed by atoms with E-state index in [0.717, 1.165) is 10.7 Å². The number of carboxylic acid groups (broad SMARTS) is 1. The summed E-state index contributed by atoms with van der Waals surface area (Å²) in [5.41, 5.74) is -1.43. The first-order valence-electron chi connectivity index (χ1n) is 7.33. The van der Waals surface area contributed by atoms with E-state index in [1.807, 2.05) is 0 Å². The number of nitrogens with zero attached hydrogens (tertiary/aromatic N) is 3. The molecule has 0 bridgehead atoms. The van der Waals surface area contributed by atoms with E-state index in [4.69, 9.17) is 4.74 Å². The summed E-state index contributed by atoms with van der Waals surface area (Å²) in [6.45, 7) is 0. The van der Waals surface area contributed by atoms with Crippen LogP contribution in [0.1, 0.15) is 16.1 Å². The van der Waals surface area contributed by atoms with Crippen molar-refractivity contribution >= 4 is 5.97 Å². The fourth-order valence-corrected chi connectivity index (χ4v) is 2.50. The Morgan fingerprint density at radius 2 is 1.77 bits per heavy atom. The Morgan fingerprint density at radius 3 is 2.35 bits per heavy atom. The highest BCUT2D eigenvalue weighted by Crippen LogP contribution is 2.36. The number of para-hydroxylation sites is 1. The van der Waals surface area contributed by atoms with Crippen molar-refractivity contribution < 1.29 is 27.8 Å². The molecule has 0 unspecified atom stereocenters. The highest BCUT2D eigenvalue weighted by Gasteiger charge is 2.35. The first-order valence-corrected chi connectivity index (χ1v) is 7.33. The van der Waals surface area contributed by atoms with Crippen molar-refractivity contribution in [2.24, 2.45) is 0 Å². The highest BCUT2D eigenvalue weighted by atomic mass is 19.4. The molecule has 134 valence electrons. The van der Waals surface area contributed by atoms with Gasteiger partial charge in [-0.2, -0.15) is 13.2 Å². The van der Waals surface area contributed by atoms with Gasteiger partial charge in [-0.25, -0.2) is 9.48 Å². The number of rotatable bonds is 4. The molecule has 1 N–H and O–H groups in total. The van der Waals surface area contributed by atoms with Crippen LogP contribution in [0.5, 0.6) is 5.75 Å². The van der Waals surface area contributed by atoms with E-state index in [9.17, 15) is 23.1 Å². The Hall–Kier alpha value is -3.36. The second-order valence-electron chi connectivity index (χ2n) is 5.25. The summed E-state index contributed by atoms with van der Waals surface area (Å²) >= 11 is 0. The number of ether oxygens (including phenoxy) is 1. The first-order chi connectivity index (χ1) is 12.3. The SMILES string of the molecule is COc1ccc(-c2c(C(=O)O)nnn2-c2ccccc2C(F)(F)F)cc1. The summed E-state index contributed by atoms with van der Waals surface area (Å²) in [7, 11) is 1.46. The second-order valence-corrected chi connectivity index (χ2v) is 5.25. The lowest BCUT2D eigenvalue weighted by atomic mass is 10.1. The molecule has 0 aliphatic heterocycles. The molecule has 1 aromatic heterocycles. The molecule has 0 amide bonds. The lowest BCUT2D eigenvalue weighted by Crippen LogP contribution is -2.12. The van der Waals surface area contributed by atoms with Gasteiger partial charge < -0.3 is 9.84 Å². The van der Waals surface area contributed by atoms with Gasteiger partial charge in [-0.3, -0.25) is 0 Å². The maximum Gasteiger partial charge on any atom is 0.418 e. The Kier molecular flexibility index (Phi) is 4.37. The Morgan fingerprint density at radius 1 is 1.12 bits per heavy atom. The zero-order chi connectivity index (χ0) is 18.9. The van der Waals surface area contributed by atoms with Crippen molar-refractivity contribution in [2.45, 2.75) is 6.18 Å². The molecule has 9 heteroatoms. The molecule has 6 nitrogen and oxygen atoms in total. The number of halogens is 3. The van der Waals surface area contributed by atoms with Crippen LogP contribution >= 0.6 is 0 Å². The van der Waals surface area contributed by atoms with E-state index in [0.29, 0.717) is 11.3 Å². The summed E-state index contributed by atoms with van der Waals surface area (Å²) in [4.78, 5) is 11.5. The van der Waals surface area contributed by atoms with Crippen molar-refractivity contribution in [3.63, 3.8) is 0 Å². The van der Waals surface area contributed by atoms with E-state index in [1.165, 1.54) is 37.4 Å². The summed E-state index contributed by atoms with van der Waals surface area (Å²) in [6.07, 6.45) is -4.64. The zero-order valence-corrected chi connectivity index (χ0v) is 13.4. The molecule has 3 aromatic rings. The van der Waals surface area contributed by atoms with Crippen LogP contribution in [0, 0.1) is 0 Å². The third kappa shape index (κ3) is 3.10. The van der Waals surface area contributed by atoms with E-state index < -0.39 is 23.4 Å². The van der Waals surface area contributed by atoms with Gasteiger partial charge >= 0.3 is 12.1 Å². The molecule has 0 aliphatic carbocycles. The zero-order valence-electron chi connectivity index (χ0n) is 13.4. The van der Waals surface area contributed by atoms with Gasteiger partial charge in [0.2, 0.25) is 0 Å². The average Bonchev–Trinajstić information content (AvgIpc) is 3.06. The number of carbonyl (C=O) groups is 1. The van der Waals surface area contributed by atoms with Crippen LogP contribution in [0.3, 0.4) is 0 Å². The number of methoxy groups -OCH3 is 1. The molecular weight excluding hydrogens is 351 g/mol. The number of carboxylic acids is 1. The standard InChI is InChI=1S/C17H12F3N3O3/c1-26-11-8-6-10(7-9-11)15-14(16(24)25)21-22-23(15)13-5-3-2-4-12(13)17(18,19)20/h2-9H,1H3,(H,24,25). The van der Waals surface area contributed by atoms with Gasteiger partial charge in [-0.15, -0.1) is 5.10 Å². The Labute approximate surface area is 145 Å². The summed E-state index contributed by atoms with van der Waals surface area (Å²) < 4.78 is 45.9. The van der Waals surface area contributed by atoms with Gasteiger partial charge in [0.05, 0.1) is 18.4 Å². The maximum atomic E-state index is 13.3. The van der Waals surface area contributed by atoms with Crippen LogP contribution < -0.4 is 4.74 Å². The van der Waals surface area contributed by atoms with Crippen molar-refractivity contribution in [2.75, 3.05) is 7.11 Å². The van der Waals surface area contributed by atoms with Gasteiger partial charge in [-0.05, 0) is 36.4 Å². The van der Waals surface area contributed by atoms with Gasteiger partial charge in [-0.1, -0.05) is 17.3 Å². The lowest BCUT2D eigenvalue weighted by molar-refractivity contribution is -0.137. The van der Waals surface area contributed by atoms with E-state index in [-0.39, 0.29) is 11.4 Å². The monoisotopic (exact) mass is 363 g/mol. The number of aromatic nitrogens is 3. The third-order valence-electron chi connectivity index (χ3n) is 3.67. The first kappa shape index (κ1) is 17.5. The van der Waals surface area contributed by atoms with Crippen LogP contribution in [0.2, 0.25) is 0 Å². The van der Waals surface area contributed by atoms with E-state index >= 15 is 0 Å². The quantitative estimate of drug-likeness (QED) is 0.765. The van der Waals surface area contributed by atoms with E-state index in [2.05, 4.69) is 10.3 Å². The normalized spacial score (nSPS) is 11.4. The molecular formula is C17H12F3N3O3. The minimum atomic E-state index is -4.64. The number of hydrogen-bond acceptors (Lipinski definition) is 4. The maximum absolute atomic E-state index is 13.3. The molecule has 0 radical (unpaired) electrons. The van der Waals surface area contributed by atoms with Gasteiger partial charge in [0.1, 0.15) is 11.4 Å². The van der Waals surface area contributed by atoms with Crippen molar-refractivity contribution in [3.8, 4) is 22.7 Å². The molecule has 2 aromatic carbocycles. The van der Waals surface area contributed by atoms with Crippen LogP contribution in [0.15, 0.2) is 48.5 Å². The lowest BCUT2D eigenvalue weighted by Gasteiger charge is -2.14. The van der Waals surface area contributed by atoms with Gasteiger partial charge in [0.25, 0.3) is 0 Å². The molecule has 0 aliphatic rings. The van der Waals surface area contributed by atoms with Gasteiger partial charge in [0, 0.05) is 5.56 Å². The molecule has 26 heavy (non-hydrogen) atoms. The second kappa shape index (κ2) is 6.51. The van der Waals surface area contributed by atoms with Crippen LogP contribution in [0.25, 0.3) is 16.9 Å². The largest absolute Gasteiger partial charge is 0.497 e. The predicted octanol–water partition coefficient (Wildman–Crippen LogP) is 3.66. The van der Waals surface area contributed by atoms with Crippen LogP contribution in [-0.4, -0.2) is 33.2 Å². The fraction of sp³-hybridized carbons (Fsp3) is 0.118. The average molecular weight is 363 g/mol. The molecule has 0 saturated heterocycles. The molecule has 0 fully saturated rings. The number of aromatic carboxylic acids is 1. The van der Waals surface area contributed by atoms with Crippen LogP contribution in [0.4, 0.5) is 13.2 Å². The minimum Gasteiger partial charge on any atom is -0.497 e. The number of hydrogen-bond donors (Lipinski definition) is 1. The number of benzene rings is 2. The Bertz CT molecular complexity index is 950. The fourth-order valence-electron chi connectivity index (χ4n) is 2.50. The predicted molar refractivity (Wildman–Crippen MR) is 85.3 cm³/mol. The summed E-state index contributed by atoms with van der Waals surface area (Å²) in [5, 5.41) is 16.6. The smallest absolute Gasteiger partial charge is 0.418 e. The molecule has 3 rings (SSSR count). The third-order valence-corrected chi connectivity index (χ3v) is 3.67. The van der Waals surface area contributed by atoms with E-state index in [1.54, 1.807) is 12.1 Å². The van der Waals surface area contributed by atoms with Gasteiger partial charge in [0.15, 0.2) is 5.69 Å². The van der Waals surface area contributed by atoms with Crippen molar-refractivity contribution in [1.82, 2.24) is 15.0 Å². The molecule has 0 atom stereocenters. The topological polar surface area (TPSA) is 77.2 Å².